The summed E-state index contributed by atoms with van der Waals surface area (Å²) in [5.74, 6) is 0.410. The van der Waals surface area contributed by atoms with Gasteiger partial charge in [-0.05, 0) is 45.0 Å². The van der Waals surface area contributed by atoms with Crippen molar-refractivity contribution in [2.45, 2.75) is 26.8 Å². The van der Waals surface area contributed by atoms with Crippen LogP contribution in [-0.2, 0) is 0 Å². The molecule has 0 aliphatic carbocycles. The zero-order valence-electron chi connectivity index (χ0n) is 15.4. The van der Waals surface area contributed by atoms with Crippen LogP contribution in [0.25, 0.3) is 11.3 Å². The highest BCUT2D eigenvalue weighted by Crippen LogP contribution is 2.27. The van der Waals surface area contributed by atoms with Crippen LogP contribution in [0.15, 0.2) is 42.5 Å². The largest absolute Gasteiger partial charge is 0.384 e. The summed E-state index contributed by atoms with van der Waals surface area (Å²) in [6, 6.07) is 12.8. The van der Waals surface area contributed by atoms with E-state index >= 15 is 0 Å². The average molecular weight is 366 g/mol. The number of nitrogens with two attached hydrogens (primary N) is 1. The van der Waals surface area contributed by atoms with E-state index in [4.69, 9.17) is 5.73 Å². The molecule has 0 bridgehead atoms. The summed E-state index contributed by atoms with van der Waals surface area (Å²) in [6.07, 6.45) is 0. The fourth-order valence-corrected chi connectivity index (χ4v) is 3.83. The van der Waals surface area contributed by atoms with Crippen molar-refractivity contribution in [2.75, 3.05) is 12.8 Å². The average Bonchev–Trinajstić information content (AvgIpc) is 2.98. The number of carbonyl (C=O) groups excluding carboxylic acids is 1. The summed E-state index contributed by atoms with van der Waals surface area (Å²) in [4.78, 5) is 24.8. The Morgan fingerprint density at radius 1 is 1.15 bits per heavy atom. The topological polar surface area (TPSA) is 72.1 Å². The van der Waals surface area contributed by atoms with Crippen molar-refractivity contribution in [1.29, 1.82) is 0 Å². The van der Waals surface area contributed by atoms with Gasteiger partial charge in [0.15, 0.2) is 0 Å². The highest BCUT2D eigenvalue weighted by Gasteiger charge is 2.23. The maximum Gasteiger partial charge on any atom is 0.254 e. The Bertz CT molecular complexity index is 950. The molecule has 0 aliphatic heterocycles. The van der Waals surface area contributed by atoms with Gasteiger partial charge in [0.25, 0.3) is 5.91 Å². The number of rotatable bonds is 4. The number of anilines is 1. The third-order valence-corrected chi connectivity index (χ3v) is 5.31. The molecule has 0 saturated heterocycles. The minimum absolute atomic E-state index is 0.0479. The molecule has 0 radical (unpaired) electrons. The van der Waals surface area contributed by atoms with Crippen LogP contribution in [0.3, 0.4) is 0 Å². The molecule has 26 heavy (non-hydrogen) atoms. The molecule has 0 fully saturated rings. The number of aryl methyl sites for hydroxylation is 2. The van der Waals surface area contributed by atoms with Gasteiger partial charge in [0.2, 0.25) is 0 Å². The van der Waals surface area contributed by atoms with Gasteiger partial charge in [-0.25, -0.2) is 9.97 Å². The van der Waals surface area contributed by atoms with E-state index in [0.29, 0.717) is 11.4 Å². The highest BCUT2D eigenvalue weighted by atomic mass is 32.1. The second-order valence-corrected chi connectivity index (χ2v) is 7.70. The first-order chi connectivity index (χ1) is 12.4. The maximum atomic E-state index is 13.0. The van der Waals surface area contributed by atoms with E-state index in [9.17, 15) is 4.79 Å². The van der Waals surface area contributed by atoms with E-state index in [0.717, 1.165) is 26.8 Å². The second kappa shape index (κ2) is 7.25. The van der Waals surface area contributed by atoms with Crippen LogP contribution in [0.1, 0.15) is 38.9 Å². The minimum atomic E-state index is -0.0957. The summed E-state index contributed by atoms with van der Waals surface area (Å²) in [7, 11) is 1.81. The van der Waals surface area contributed by atoms with E-state index in [-0.39, 0.29) is 11.9 Å². The lowest BCUT2D eigenvalue weighted by Gasteiger charge is -2.24. The molecular formula is C20H22N4OS. The molecule has 2 heterocycles. The molecule has 3 aromatic rings. The molecule has 5 nitrogen and oxygen atoms in total. The Balaban J connectivity index is 1.88. The number of pyridine rings is 1. The van der Waals surface area contributed by atoms with Gasteiger partial charge in [-0.2, -0.15) is 0 Å². The summed E-state index contributed by atoms with van der Waals surface area (Å²) < 4.78 is 0. The smallest absolute Gasteiger partial charge is 0.254 e. The Morgan fingerprint density at radius 2 is 1.88 bits per heavy atom. The van der Waals surface area contributed by atoms with Gasteiger partial charge in [0.05, 0.1) is 22.4 Å². The molecule has 1 atom stereocenters. The number of carbonyl (C=O) groups is 1. The van der Waals surface area contributed by atoms with Crippen molar-refractivity contribution >= 4 is 23.1 Å². The number of nitrogen functional groups attached to an aromatic ring is 1. The Labute approximate surface area is 157 Å². The van der Waals surface area contributed by atoms with Crippen molar-refractivity contribution in [3.8, 4) is 11.3 Å². The zero-order chi connectivity index (χ0) is 18.8. The number of aromatic nitrogens is 2. The number of thiazole rings is 1. The molecule has 6 heteroatoms. The van der Waals surface area contributed by atoms with Crippen molar-refractivity contribution in [3.63, 3.8) is 0 Å². The van der Waals surface area contributed by atoms with E-state index in [2.05, 4.69) is 9.97 Å². The van der Waals surface area contributed by atoms with Crippen LogP contribution >= 0.6 is 11.3 Å². The fraction of sp³-hybridized carbons (Fsp3) is 0.250. The Hall–Kier alpha value is -2.73. The molecule has 2 N–H and O–H groups in total. The molecule has 3 rings (SSSR count). The van der Waals surface area contributed by atoms with Crippen molar-refractivity contribution in [3.05, 3.63) is 63.6 Å². The van der Waals surface area contributed by atoms with E-state index in [1.807, 2.05) is 64.2 Å². The van der Waals surface area contributed by atoms with Crippen molar-refractivity contribution < 1.29 is 4.79 Å². The standard InChI is InChI=1S/C20H22N4OS/c1-12(19-13(2)26-14(3)22-19)24(4)20(25)16-8-5-7-15(11-16)17-9-6-10-18(21)23-17/h5-12H,1-4H3,(H2,21,23). The molecule has 0 saturated carbocycles. The van der Waals surface area contributed by atoms with Crippen LogP contribution in [0.4, 0.5) is 5.82 Å². The SMILES string of the molecule is Cc1nc(C(C)N(C)C(=O)c2cccc(-c3cccc(N)n3)c2)c(C)s1. The molecule has 2 aromatic heterocycles. The maximum absolute atomic E-state index is 13.0. The van der Waals surface area contributed by atoms with Gasteiger partial charge in [-0.3, -0.25) is 4.79 Å². The zero-order valence-corrected chi connectivity index (χ0v) is 16.2. The monoisotopic (exact) mass is 366 g/mol. The van der Waals surface area contributed by atoms with Gasteiger partial charge >= 0.3 is 0 Å². The van der Waals surface area contributed by atoms with E-state index in [1.165, 1.54) is 0 Å². The summed E-state index contributed by atoms with van der Waals surface area (Å²) in [5.41, 5.74) is 8.96. The third kappa shape index (κ3) is 3.60. The fourth-order valence-electron chi connectivity index (χ4n) is 2.92. The van der Waals surface area contributed by atoms with Gasteiger partial charge in [-0.15, -0.1) is 11.3 Å². The normalized spacial score (nSPS) is 12.0. The highest BCUT2D eigenvalue weighted by molar-refractivity contribution is 7.11. The van der Waals surface area contributed by atoms with E-state index < -0.39 is 0 Å². The molecule has 0 spiro atoms. The molecule has 0 aliphatic rings. The van der Waals surface area contributed by atoms with Crippen LogP contribution in [0, 0.1) is 13.8 Å². The van der Waals surface area contributed by atoms with Crippen molar-refractivity contribution in [2.24, 2.45) is 0 Å². The number of amides is 1. The first-order valence-corrected chi connectivity index (χ1v) is 9.22. The quantitative estimate of drug-likeness (QED) is 0.750. The Kier molecular flexibility index (Phi) is 5.04. The van der Waals surface area contributed by atoms with Crippen LogP contribution in [-0.4, -0.2) is 27.8 Å². The van der Waals surface area contributed by atoms with Crippen LogP contribution < -0.4 is 5.73 Å². The predicted octanol–water partition coefficient (Wildman–Crippen LogP) is 4.24. The molecule has 1 amide bonds. The van der Waals surface area contributed by atoms with Gasteiger partial charge in [0.1, 0.15) is 5.82 Å². The number of nitrogens with zero attached hydrogens (tertiary/aromatic N) is 3. The van der Waals surface area contributed by atoms with Crippen LogP contribution in [0.2, 0.25) is 0 Å². The molecule has 1 aromatic carbocycles. The summed E-state index contributed by atoms with van der Waals surface area (Å²) >= 11 is 1.65. The molecule has 134 valence electrons. The Morgan fingerprint density at radius 3 is 2.54 bits per heavy atom. The molecular weight excluding hydrogens is 344 g/mol. The van der Waals surface area contributed by atoms with Gasteiger partial charge in [0, 0.05) is 23.1 Å². The number of hydrogen-bond acceptors (Lipinski definition) is 5. The number of benzene rings is 1. The van der Waals surface area contributed by atoms with Crippen molar-refractivity contribution in [1.82, 2.24) is 14.9 Å². The summed E-state index contributed by atoms with van der Waals surface area (Å²) in [6.45, 7) is 6.03. The lowest BCUT2D eigenvalue weighted by molar-refractivity contribution is 0.0740. The van der Waals surface area contributed by atoms with Crippen LogP contribution in [0.5, 0.6) is 0 Å². The summed E-state index contributed by atoms with van der Waals surface area (Å²) in [5, 5.41) is 1.01. The van der Waals surface area contributed by atoms with E-state index in [1.54, 1.807) is 22.3 Å². The first-order valence-electron chi connectivity index (χ1n) is 8.41. The third-order valence-electron chi connectivity index (χ3n) is 4.41. The second-order valence-electron chi connectivity index (χ2n) is 6.29. The van der Waals surface area contributed by atoms with Gasteiger partial charge in [-0.1, -0.05) is 18.2 Å². The lowest BCUT2D eigenvalue weighted by Crippen LogP contribution is -2.30. The number of hydrogen-bond donors (Lipinski definition) is 1. The lowest BCUT2D eigenvalue weighted by atomic mass is 10.1. The first kappa shape index (κ1) is 18.1. The van der Waals surface area contributed by atoms with Gasteiger partial charge < -0.3 is 10.6 Å². The predicted molar refractivity (Wildman–Crippen MR) is 106 cm³/mol. The molecule has 1 unspecified atom stereocenters. The minimum Gasteiger partial charge on any atom is -0.384 e.